The third-order valence-electron chi connectivity index (χ3n) is 2.28. The number of halogens is 1. The molecule has 0 spiro atoms. The highest BCUT2D eigenvalue weighted by Crippen LogP contribution is 2.10. The second-order valence-electron chi connectivity index (χ2n) is 3.91. The average molecular weight is 325 g/mol. The molecule has 0 aliphatic carbocycles. The van der Waals surface area contributed by atoms with Crippen molar-refractivity contribution in [2.24, 2.45) is 0 Å². The van der Waals surface area contributed by atoms with Gasteiger partial charge in [-0.3, -0.25) is 4.79 Å². The number of hydrogen-bond donors (Lipinski definition) is 1. The first-order valence-electron chi connectivity index (χ1n) is 5.60. The molecule has 0 aromatic heterocycles. The molecule has 0 saturated carbocycles. The van der Waals surface area contributed by atoms with Gasteiger partial charge in [-0.1, -0.05) is 15.9 Å². The Morgan fingerprint density at radius 3 is 2.42 bits per heavy atom. The van der Waals surface area contributed by atoms with E-state index in [1.54, 1.807) is 30.3 Å². The summed E-state index contributed by atoms with van der Waals surface area (Å²) in [4.78, 5) is 23.4. The average Bonchev–Trinajstić information content (AvgIpc) is 2.38. The van der Waals surface area contributed by atoms with Gasteiger partial charge in [0, 0.05) is 10.0 Å². The minimum Gasteiger partial charge on any atom is -0.446 e. The Labute approximate surface area is 119 Å². The highest BCUT2D eigenvalue weighted by molar-refractivity contribution is 9.10. The van der Waals surface area contributed by atoms with E-state index in [0.29, 0.717) is 5.56 Å². The number of hydrogen-bond acceptors (Lipinski definition) is 4. The van der Waals surface area contributed by atoms with Gasteiger partial charge < -0.3 is 10.1 Å². The molecule has 2 atom stereocenters. The fraction of sp³-hybridized carbons (Fsp3) is 0.308. The molecular weight excluding hydrogens is 312 g/mol. The summed E-state index contributed by atoms with van der Waals surface area (Å²) in [6.45, 7) is 2.96. The first-order valence-corrected chi connectivity index (χ1v) is 6.40. The maximum Gasteiger partial charge on any atom is 0.329 e. The molecule has 1 amide bonds. The van der Waals surface area contributed by atoms with Crippen LogP contribution >= 0.6 is 15.9 Å². The molecule has 19 heavy (non-hydrogen) atoms. The number of carbonyl (C=O) groups is 2. The highest BCUT2D eigenvalue weighted by atomic mass is 79.9. The molecule has 1 aromatic carbocycles. The number of nitrogens with one attached hydrogen (secondary N) is 1. The molecule has 0 aliphatic heterocycles. The van der Waals surface area contributed by atoms with Crippen LogP contribution in [0.15, 0.2) is 28.7 Å². The van der Waals surface area contributed by atoms with Crippen LogP contribution < -0.4 is 5.32 Å². The molecule has 0 saturated heterocycles. The molecule has 1 aromatic rings. The molecule has 6 heteroatoms. The fourth-order valence-corrected chi connectivity index (χ4v) is 1.51. The summed E-state index contributed by atoms with van der Waals surface area (Å²) in [5.41, 5.74) is 0.441. The highest BCUT2D eigenvalue weighted by Gasteiger charge is 2.19. The number of benzene rings is 1. The first kappa shape index (κ1) is 15.2. The Kier molecular flexibility index (Phi) is 5.52. The number of nitriles is 1. The molecule has 0 radical (unpaired) electrons. The monoisotopic (exact) mass is 324 g/mol. The zero-order chi connectivity index (χ0) is 14.4. The Balaban J connectivity index is 2.59. The van der Waals surface area contributed by atoms with Crippen LogP contribution in [-0.2, 0) is 9.53 Å². The lowest BCUT2D eigenvalue weighted by atomic mass is 10.2. The summed E-state index contributed by atoms with van der Waals surface area (Å²) in [5.74, 6) is -1.01. The molecule has 0 bridgehead atoms. The van der Waals surface area contributed by atoms with E-state index in [1.165, 1.54) is 13.8 Å². The van der Waals surface area contributed by atoms with Gasteiger partial charge in [-0.05, 0) is 38.1 Å². The minimum atomic E-state index is -0.834. The van der Waals surface area contributed by atoms with Crippen LogP contribution in [0.4, 0.5) is 0 Å². The zero-order valence-corrected chi connectivity index (χ0v) is 12.1. The van der Waals surface area contributed by atoms with E-state index in [-0.39, 0.29) is 5.91 Å². The molecule has 100 valence electrons. The van der Waals surface area contributed by atoms with E-state index in [1.807, 2.05) is 0 Å². The van der Waals surface area contributed by atoms with E-state index in [2.05, 4.69) is 21.2 Å². The summed E-state index contributed by atoms with van der Waals surface area (Å²) in [5, 5.41) is 11.0. The third kappa shape index (κ3) is 4.72. The number of nitrogens with zero attached hydrogens (tertiary/aromatic N) is 1. The Morgan fingerprint density at radius 2 is 1.89 bits per heavy atom. The molecule has 0 fully saturated rings. The lowest BCUT2D eigenvalue weighted by Gasteiger charge is -2.14. The van der Waals surface area contributed by atoms with Crippen LogP contribution in [0.2, 0.25) is 0 Å². The quantitative estimate of drug-likeness (QED) is 0.859. The summed E-state index contributed by atoms with van der Waals surface area (Å²) in [7, 11) is 0. The standard InChI is InChI=1S/C13H13BrN2O3/c1-8(7-15)19-13(18)9(2)16-12(17)10-3-5-11(14)6-4-10/h3-6,8-9H,1-2H3,(H,16,17)/t8-,9+/m1/s1. The van der Waals surface area contributed by atoms with E-state index >= 15 is 0 Å². The molecule has 1 N–H and O–H groups in total. The van der Waals surface area contributed by atoms with Crippen LogP contribution in [0.3, 0.4) is 0 Å². The number of esters is 1. The summed E-state index contributed by atoms with van der Waals surface area (Å²) in [6.07, 6.45) is -0.834. The van der Waals surface area contributed by atoms with Gasteiger partial charge in [0.15, 0.2) is 6.10 Å². The largest absolute Gasteiger partial charge is 0.446 e. The maximum absolute atomic E-state index is 11.8. The number of amides is 1. The SMILES string of the molecule is C[C@H](C#N)OC(=O)[C@H](C)NC(=O)c1ccc(Br)cc1. The summed E-state index contributed by atoms with van der Waals surface area (Å²) >= 11 is 3.27. The van der Waals surface area contributed by atoms with E-state index in [4.69, 9.17) is 10.00 Å². The van der Waals surface area contributed by atoms with E-state index in [9.17, 15) is 9.59 Å². The topological polar surface area (TPSA) is 79.2 Å². The van der Waals surface area contributed by atoms with Crippen LogP contribution in [-0.4, -0.2) is 24.0 Å². The van der Waals surface area contributed by atoms with Crippen LogP contribution in [0, 0.1) is 11.3 Å². The van der Waals surface area contributed by atoms with Gasteiger partial charge in [-0.15, -0.1) is 0 Å². The fourth-order valence-electron chi connectivity index (χ4n) is 1.24. The molecule has 5 nitrogen and oxygen atoms in total. The van der Waals surface area contributed by atoms with Crippen molar-refractivity contribution >= 4 is 27.8 Å². The normalized spacial score (nSPS) is 12.9. The molecule has 0 heterocycles. The van der Waals surface area contributed by atoms with E-state index < -0.39 is 18.1 Å². The smallest absolute Gasteiger partial charge is 0.329 e. The lowest BCUT2D eigenvalue weighted by molar-refractivity contribution is -0.147. The lowest BCUT2D eigenvalue weighted by Crippen LogP contribution is -2.40. The predicted octanol–water partition coefficient (Wildman–Crippen LogP) is 2.02. The van der Waals surface area contributed by atoms with Gasteiger partial charge in [-0.25, -0.2) is 4.79 Å². The molecular formula is C13H13BrN2O3. The van der Waals surface area contributed by atoms with Crippen molar-refractivity contribution in [1.82, 2.24) is 5.32 Å². The number of rotatable bonds is 4. The number of ether oxygens (including phenoxy) is 1. The second kappa shape index (κ2) is 6.90. The van der Waals surface area contributed by atoms with Crippen LogP contribution in [0.25, 0.3) is 0 Å². The van der Waals surface area contributed by atoms with Crippen molar-refractivity contribution in [3.63, 3.8) is 0 Å². The van der Waals surface area contributed by atoms with Crippen molar-refractivity contribution in [1.29, 1.82) is 5.26 Å². The van der Waals surface area contributed by atoms with Crippen molar-refractivity contribution in [2.45, 2.75) is 26.0 Å². The van der Waals surface area contributed by atoms with Crippen molar-refractivity contribution in [2.75, 3.05) is 0 Å². The molecule has 0 unspecified atom stereocenters. The third-order valence-corrected chi connectivity index (χ3v) is 2.81. The van der Waals surface area contributed by atoms with Gasteiger partial charge in [0.2, 0.25) is 0 Å². The van der Waals surface area contributed by atoms with Gasteiger partial charge in [0.05, 0.1) is 0 Å². The van der Waals surface area contributed by atoms with E-state index in [0.717, 1.165) is 4.47 Å². The first-order chi connectivity index (χ1) is 8.93. The van der Waals surface area contributed by atoms with Gasteiger partial charge in [-0.2, -0.15) is 5.26 Å². The van der Waals surface area contributed by atoms with Gasteiger partial charge in [0.1, 0.15) is 12.1 Å². The van der Waals surface area contributed by atoms with Crippen LogP contribution in [0.1, 0.15) is 24.2 Å². The van der Waals surface area contributed by atoms with Crippen molar-refractivity contribution in [3.8, 4) is 6.07 Å². The van der Waals surface area contributed by atoms with Gasteiger partial charge in [0.25, 0.3) is 5.91 Å². The van der Waals surface area contributed by atoms with Crippen molar-refractivity contribution in [3.05, 3.63) is 34.3 Å². The summed E-state index contributed by atoms with van der Waals surface area (Å²) in [6, 6.07) is 7.70. The Bertz CT molecular complexity index is 508. The predicted molar refractivity (Wildman–Crippen MR) is 72.2 cm³/mol. The second-order valence-corrected chi connectivity index (χ2v) is 4.83. The minimum absolute atomic E-state index is 0.374. The number of carbonyl (C=O) groups excluding carboxylic acids is 2. The summed E-state index contributed by atoms with van der Waals surface area (Å²) < 4.78 is 5.66. The van der Waals surface area contributed by atoms with Crippen molar-refractivity contribution < 1.29 is 14.3 Å². The Hall–Kier alpha value is -1.87. The molecule has 1 rings (SSSR count). The van der Waals surface area contributed by atoms with Crippen LogP contribution in [0.5, 0.6) is 0 Å². The maximum atomic E-state index is 11.8. The van der Waals surface area contributed by atoms with Gasteiger partial charge >= 0.3 is 5.97 Å². The zero-order valence-electron chi connectivity index (χ0n) is 10.5. The Morgan fingerprint density at radius 1 is 1.32 bits per heavy atom. The molecule has 0 aliphatic rings.